The van der Waals surface area contributed by atoms with Crippen molar-refractivity contribution in [2.75, 3.05) is 0 Å². The highest BCUT2D eigenvalue weighted by molar-refractivity contribution is 5.39. The van der Waals surface area contributed by atoms with Crippen molar-refractivity contribution in [3.05, 3.63) is 35.4 Å². The number of fused-ring (bicyclic) bond motifs is 1. The van der Waals surface area contributed by atoms with Crippen molar-refractivity contribution >= 4 is 0 Å². The first-order valence-electron chi connectivity index (χ1n) is 6.24. The third kappa shape index (κ3) is 2.30. The minimum atomic E-state index is -0.180. The molecule has 1 aromatic rings. The summed E-state index contributed by atoms with van der Waals surface area (Å²) in [6.45, 7) is 6.31. The van der Waals surface area contributed by atoms with Crippen molar-refractivity contribution in [3.63, 3.8) is 0 Å². The van der Waals surface area contributed by atoms with E-state index < -0.39 is 0 Å². The Hall–Kier alpha value is -0.820. The highest BCUT2D eigenvalue weighted by atomic mass is 16.3. The summed E-state index contributed by atoms with van der Waals surface area (Å²) in [5.41, 5.74) is 3.02. The molecule has 1 aliphatic rings. The number of rotatable bonds is 3. The summed E-state index contributed by atoms with van der Waals surface area (Å²) in [6, 6.07) is 8.67. The first-order chi connectivity index (χ1) is 7.48. The zero-order valence-electron chi connectivity index (χ0n) is 10.5. The zero-order chi connectivity index (χ0) is 11.8. The van der Waals surface area contributed by atoms with Crippen LogP contribution in [0.2, 0.25) is 0 Å². The van der Waals surface area contributed by atoms with Crippen molar-refractivity contribution in [2.24, 2.45) is 5.41 Å². The maximum Gasteiger partial charge on any atom is 0.0588 e. The van der Waals surface area contributed by atoms with Gasteiger partial charge in [-0.05, 0) is 41.7 Å². The minimum Gasteiger partial charge on any atom is -0.393 e. The van der Waals surface area contributed by atoms with E-state index >= 15 is 0 Å². The lowest BCUT2D eigenvalue weighted by Gasteiger charge is -2.33. The molecule has 0 aromatic heterocycles. The molecule has 0 heterocycles. The van der Waals surface area contributed by atoms with E-state index in [0.717, 1.165) is 12.8 Å². The summed E-state index contributed by atoms with van der Waals surface area (Å²) in [5.74, 6) is 0.688. The van der Waals surface area contributed by atoms with Gasteiger partial charge in [-0.3, -0.25) is 0 Å². The second kappa shape index (κ2) is 4.21. The summed E-state index contributed by atoms with van der Waals surface area (Å²) >= 11 is 0. The lowest BCUT2D eigenvalue weighted by molar-refractivity contribution is 0.0517. The van der Waals surface area contributed by atoms with Gasteiger partial charge in [0.25, 0.3) is 0 Å². The Kier molecular flexibility index (Phi) is 3.07. The van der Waals surface area contributed by atoms with E-state index in [1.54, 1.807) is 0 Å². The van der Waals surface area contributed by atoms with E-state index in [9.17, 15) is 5.11 Å². The fraction of sp³-hybridized carbons (Fsp3) is 0.600. The van der Waals surface area contributed by atoms with Gasteiger partial charge in [0, 0.05) is 0 Å². The summed E-state index contributed by atoms with van der Waals surface area (Å²) in [7, 11) is 0. The van der Waals surface area contributed by atoms with Crippen LogP contribution in [0.15, 0.2) is 24.3 Å². The van der Waals surface area contributed by atoms with Gasteiger partial charge >= 0.3 is 0 Å². The molecule has 0 bridgehead atoms. The second-order valence-corrected chi connectivity index (χ2v) is 6.06. The molecule has 16 heavy (non-hydrogen) atoms. The molecule has 1 aromatic carbocycles. The number of hydrogen-bond acceptors (Lipinski definition) is 1. The molecule has 0 radical (unpaired) electrons. The average Bonchev–Trinajstić information content (AvgIpc) is 2.17. The fourth-order valence-corrected chi connectivity index (χ4v) is 2.41. The Morgan fingerprint density at radius 3 is 2.62 bits per heavy atom. The Balaban J connectivity index is 1.86. The van der Waals surface area contributed by atoms with Gasteiger partial charge in [-0.2, -0.15) is 0 Å². The van der Waals surface area contributed by atoms with E-state index in [-0.39, 0.29) is 11.5 Å². The third-order valence-electron chi connectivity index (χ3n) is 3.75. The van der Waals surface area contributed by atoms with Crippen molar-refractivity contribution in [1.29, 1.82) is 0 Å². The van der Waals surface area contributed by atoms with Crippen molar-refractivity contribution in [3.8, 4) is 0 Å². The molecule has 1 heteroatoms. The van der Waals surface area contributed by atoms with E-state index in [1.165, 1.54) is 17.5 Å². The van der Waals surface area contributed by atoms with Gasteiger partial charge in [-0.1, -0.05) is 45.0 Å². The molecular formula is C15H22O. The molecule has 2 rings (SSSR count). The van der Waals surface area contributed by atoms with Crippen LogP contribution in [0.3, 0.4) is 0 Å². The monoisotopic (exact) mass is 218 g/mol. The Labute approximate surface area is 98.5 Å². The molecule has 0 saturated carbocycles. The summed E-state index contributed by atoms with van der Waals surface area (Å²) in [5, 5.41) is 10.0. The van der Waals surface area contributed by atoms with E-state index in [0.29, 0.717) is 5.92 Å². The van der Waals surface area contributed by atoms with Gasteiger partial charge in [0.1, 0.15) is 0 Å². The van der Waals surface area contributed by atoms with Crippen molar-refractivity contribution in [1.82, 2.24) is 0 Å². The van der Waals surface area contributed by atoms with Gasteiger partial charge in [-0.15, -0.1) is 0 Å². The Morgan fingerprint density at radius 2 is 2.00 bits per heavy atom. The average molecular weight is 218 g/mol. The smallest absolute Gasteiger partial charge is 0.0588 e. The van der Waals surface area contributed by atoms with Crippen molar-refractivity contribution < 1.29 is 5.11 Å². The first-order valence-corrected chi connectivity index (χ1v) is 6.24. The van der Waals surface area contributed by atoms with E-state index in [1.807, 2.05) is 0 Å². The molecule has 0 fully saturated rings. The normalized spacial score (nSPS) is 21.1. The van der Waals surface area contributed by atoms with Gasteiger partial charge in [0.05, 0.1) is 6.10 Å². The maximum atomic E-state index is 10.0. The quantitative estimate of drug-likeness (QED) is 0.823. The standard InChI is InChI=1S/C15H22O/c1-15(2,3)14(16)9-8-12-10-11-6-4-5-7-13(11)12/h4-7,12,14,16H,8-10H2,1-3H3. The highest BCUT2D eigenvalue weighted by Gasteiger charge is 2.28. The molecule has 0 aliphatic heterocycles. The van der Waals surface area contributed by atoms with Crippen LogP contribution in [0, 0.1) is 5.41 Å². The van der Waals surface area contributed by atoms with Crippen LogP contribution in [-0.2, 0) is 6.42 Å². The number of aliphatic hydroxyl groups excluding tert-OH is 1. The van der Waals surface area contributed by atoms with Crippen LogP contribution in [0.25, 0.3) is 0 Å². The van der Waals surface area contributed by atoms with Gasteiger partial charge in [0.15, 0.2) is 0 Å². The predicted molar refractivity (Wildman–Crippen MR) is 67.6 cm³/mol. The third-order valence-corrected chi connectivity index (χ3v) is 3.75. The Bertz CT molecular complexity index is 362. The van der Waals surface area contributed by atoms with Crippen molar-refractivity contribution in [2.45, 2.75) is 52.1 Å². The number of aliphatic hydroxyl groups is 1. The molecule has 0 amide bonds. The van der Waals surface area contributed by atoms with Gasteiger partial charge in [-0.25, -0.2) is 0 Å². The SMILES string of the molecule is CC(C)(C)C(O)CCC1Cc2ccccc21. The topological polar surface area (TPSA) is 20.2 Å². The van der Waals surface area contributed by atoms with E-state index in [2.05, 4.69) is 45.0 Å². The van der Waals surface area contributed by atoms with Crippen LogP contribution in [0.4, 0.5) is 0 Å². The molecule has 1 N–H and O–H groups in total. The van der Waals surface area contributed by atoms with Crippen LogP contribution in [0.5, 0.6) is 0 Å². The highest BCUT2D eigenvalue weighted by Crippen LogP contribution is 2.39. The lowest BCUT2D eigenvalue weighted by atomic mass is 9.73. The summed E-state index contributed by atoms with van der Waals surface area (Å²) < 4.78 is 0. The number of benzene rings is 1. The molecule has 1 aliphatic carbocycles. The summed E-state index contributed by atoms with van der Waals surface area (Å²) in [6.07, 6.45) is 3.06. The lowest BCUT2D eigenvalue weighted by Crippen LogP contribution is -2.27. The predicted octanol–water partition coefficient (Wildman–Crippen LogP) is 3.51. The second-order valence-electron chi connectivity index (χ2n) is 6.06. The van der Waals surface area contributed by atoms with Gasteiger partial charge < -0.3 is 5.11 Å². The molecule has 1 nitrogen and oxygen atoms in total. The van der Waals surface area contributed by atoms with Crippen LogP contribution < -0.4 is 0 Å². The number of hydrogen-bond donors (Lipinski definition) is 1. The van der Waals surface area contributed by atoms with Crippen LogP contribution in [-0.4, -0.2) is 11.2 Å². The van der Waals surface area contributed by atoms with Crippen LogP contribution >= 0.6 is 0 Å². The van der Waals surface area contributed by atoms with Gasteiger partial charge in [0.2, 0.25) is 0 Å². The molecule has 2 unspecified atom stereocenters. The largest absolute Gasteiger partial charge is 0.393 e. The minimum absolute atomic E-state index is 0.0171. The first kappa shape index (κ1) is 11.7. The molecule has 0 spiro atoms. The Morgan fingerprint density at radius 1 is 1.31 bits per heavy atom. The molecule has 0 saturated heterocycles. The van der Waals surface area contributed by atoms with Crippen LogP contribution in [0.1, 0.15) is 50.7 Å². The zero-order valence-corrected chi connectivity index (χ0v) is 10.5. The van der Waals surface area contributed by atoms with E-state index in [4.69, 9.17) is 0 Å². The molecular weight excluding hydrogens is 196 g/mol. The fourth-order valence-electron chi connectivity index (χ4n) is 2.41. The summed E-state index contributed by atoms with van der Waals surface area (Å²) in [4.78, 5) is 0. The molecule has 2 atom stereocenters. The maximum absolute atomic E-state index is 10.0. The molecule has 88 valence electrons.